The lowest BCUT2D eigenvalue weighted by atomic mass is 9.99. The fourth-order valence-electron chi connectivity index (χ4n) is 2.73. The summed E-state index contributed by atoms with van der Waals surface area (Å²) in [6.07, 6.45) is 2.21. The summed E-state index contributed by atoms with van der Waals surface area (Å²) in [6.45, 7) is 10.5. The van der Waals surface area contributed by atoms with E-state index in [-0.39, 0.29) is 12.5 Å². The van der Waals surface area contributed by atoms with Crippen LogP contribution in [0.15, 0.2) is 18.2 Å². The maximum Gasteiger partial charge on any atom is 0.260 e. The first-order valence-corrected chi connectivity index (χ1v) is 7.98. The van der Waals surface area contributed by atoms with Gasteiger partial charge in [-0.15, -0.1) is 0 Å². The Morgan fingerprint density at radius 2 is 2.00 bits per heavy atom. The fourth-order valence-corrected chi connectivity index (χ4v) is 2.73. The van der Waals surface area contributed by atoms with Gasteiger partial charge in [-0.2, -0.15) is 0 Å². The van der Waals surface area contributed by atoms with Crippen molar-refractivity contribution in [3.8, 4) is 5.75 Å². The number of likely N-dealkylation sites (tertiary alicyclic amines) is 1. The van der Waals surface area contributed by atoms with Crippen LogP contribution in [-0.4, -0.2) is 30.5 Å². The topological polar surface area (TPSA) is 29.5 Å². The van der Waals surface area contributed by atoms with E-state index >= 15 is 0 Å². The van der Waals surface area contributed by atoms with Crippen LogP contribution in [0.2, 0.25) is 0 Å². The van der Waals surface area contributed by atoms with Crippen molar-refractivity contribution in [1.82, 2.24) is 4.90 Å². The number of benzene rings is 1. The molecule has 21 heavy (non-hydrogen) atoms. The van der Waals surface area contributed by atoms with Crippen molar-refractivity contribution in [3.63, 3.8) is 0 Å². The van der Waals surface area contributed by atoms with E-state index in [9.17, 15) is 4.79 Å². The Bertz CT molecular complexity index is 488. The Morgan fingerprint density at radius 3 is 2.62 bits per heavy atom. The molecule has 1 aromatic carbocycles. The second-order valence-electron chi connectivity index (χ2n) is 6.55. The lowest BCUT2D eigenvalue weighted by molar-refractivity contribution is -0.134. The van der Waals surface area contributed by atoms with Crippen molar-refractivity contribution in [2.24, 2.45) is 5.92 Å². The first kappa shape index (κ1) is 15.9. The molecule has 0 N–H and O–H groups in total. The summed E-state index contributed by atoms with van der Waals surface area (Å²) in [6, 6.07) is 6.22. The van der Waals surface area contributed by atoms with Crippen LogP contribution in [0.3, 0.4) is 0 Å². The van der Waals surface area contributed by atoms with Gasteiger partial charge in [0.1, 0.15) is 5.75 Å². The lowest BCUT2D eigenvalue weighted by Gasteiger charge is -2.30. The zero-order chi connectivity index (χ0) is 15.4. The molecular formula is C18H27NO2. The van der Waals surface area contributed by atoms with Crippen molar-refractivity contribution < 1.29 is 9.53 Å². The lowest BCUT2D eigenvalue weighted by Crippen LogP contribution is -2.40. The number of hydrogen-bond acceptors (Lipinski definition) is 2. The van der Waals surface area contributed by atoms with Crippen molar-refractivity contribution in [1.29, 1.82) is 0 Å². The summed E-state index contributed by atoms with van der Waals surface area (Å²) >= 11 is 0. The zero-order valence-corrected chi connectivity index (χ0v) is 13.7. The molecular weight excluding hydrogens is 262 g/mol. The maximum absolute atomic E-state index is 12.2. The number of hydrogen-bond donors (Lipinski definition) is 0. The van der Waals surface area contributed by atoms with E-state index in [1.54, 1.807) is 0 Å². The average Bonchev–Trinajstić information content (AvgIpc) is 2.45. The molecule has 3 heteroatoms. The van der Waals surface area contributed by atoms with Gasteiger partial charge in [0.2, 0.25) is 0 Å². The number of amides is 1. The highest BCUT2D eigenvalue weighted by Gasteiger charge is 2.21. The van der Waals surface area contributed by atoms with Crippen LogP contribution in [-0.2, 0) is 4.79 Å². The third kappa shape index (κ3) is 4.23. The van der Waals surface area contributed by atoms with Crippen molar-refractivity contribution in [2.45, 2.75) is 46.5 Å². The number of ether oxygens (including phenoxy) is 1. The predicted molar refractivity (Wildman–Crippen MR) is 85.7 cm³/mol. The highest BCUT2D eigenvalue weighted by Crippen LogP contribution is 2.27. The largest absolute Gasteiger partial charge is 0.483 e. The molecule has 1 saturated heterocycles. The summed E-state index contributed by atoms with van der Waals surface area (Å²) in [5, 5.41) is 0. The molecule has 1 aromatic rings. The standard InChI is InChI=1S/C18H27NO2/c1-13(2)16-6-5-15(4)11-17(16)21-12-18(20)19-9-7-14(3)8-10-19/h5-6,11,13-14H,7-10,12H2,1-4H3. The maximum atomic E-state index is 12.2. The highest BCUT2D eigenvalue weighted by atomic mass is 16.5. The molecule has 0 aliphatic carbocycles. The minimum atomic E-state index is 0.109. The van der Waals surface area contributed by atoms with Gasteiger partial charge in [0.15, 0.2) is 6.61 Å². The summed E-state index contributed by atoms with van der Waals surface area (Å²) < 4.78 is 5.83. The predicted octanol–water partition coefficient (Wildman–Crippen LogP) is 3.76. The second-order valence-corrected chi connectivity index (χ2v) is 6.55. The Labute approximate surface area is 128 Å². The van der Waals surface area contributed by atoms with E-state index < -0.39 is 0 Å². The summed E-state index contributed by atoms with van der Waals surface area (Å²) in [5.74, 6) is 2.09. The third-order valence-corrected chi connectivity index (χ3v) is 4.28. The number of carbonyl (C=O) groups is 1. The van der Waals surface area contributed by atoms with E-state index in [0.29, 0.717) is 5.92 Å². The molecule has 1 fully saturated rings. The van der Waals surface area contributed by atoms with Crippen molar-refractivity contribution in [3.05, 3.63) is 29.3 Å². The van der Waals surface area contributed by atoms with Gasteiger partial charge in [-0.05, 0) is 48.8 Å². The number of rotatable bonds is 4. The fraction of sp³-hybridized carbons (Fsp3) is 0.611. The second kappa shape index (κ2) is 6.97. The number of carbonyl (C=O) groups excluding carboxylic acids is 1. The van der Waals surface area contributed by atoms with E-state index in [0.717, 1.165) is 43.2 Å². The first-order chi connectivity index (χ1) is 9.97. The molecule has 116 valence electrons. The minimum Gasteiger partial charge on any atom is -0.483 e. The monoisotopic (exact) mass is 289 g/mol. The molecule has 0 spiro atoms. The third-order valence-electron chi connectivity index (χ3n) is 4.28. The van der Waals surface area contributed by atoms with Crippen LogP contribution in [0.5, 0.6) is 5.75 Å². The molecule has 1 amide bonds. The summed E-state index contributed by atoms with van der Waals surface area (Å²) in [7, 11) is 0. The van der Waals surface area contributed by atoms with E-state index in [4.69, 9.17) is 4.74 Å². The van der Waals surface area contributed by atoms with Crippen LogP contribution < -0.4 is 4.74 Å². The van der Waals surface area contributed by atoms with E-state index in [1.165, 1.54) is 5.56 Å². The van der Waals surface area contributed by atoms with E-state index in [1.807, 2.05) is 17.9 Å². The molecule has 1 aliphatic heterocycles. The van der Waals surface area contributed by atoms with Gasteiger partial charge in [0, 0.05) is 13.1 Å². The van der Waals surface area contributed by atoms with E-state index in [2.05, 4.69) is 32.9 Å². The zero-order valence-electron chi connectivity index (χ0n) is 13.7. The quantitative estimate of drug-likeness (QED) is 0.844. The molecule has 2 rings (SSSR count). The molecule has 3 nitrogen and oxygen atoms in total. The average molecular weight is 289 g/mol. The molecule has 1 heterocycles. The first-order valence-electron chi connectivity index (χ1n) is 7.98. The summed E-state index contributed by atoms with van der Waals surface area (Å²) in [5.41, 5.74) is 2.33. The minimum absolute atomic E-state index is 0.109. The van der Waals surface area contributed by atoms with Gasteiger partial charge >= 0.3 is 0 Å². The smallest absolute Gasteiger partial charge is 0.260 e. The van der Waals surface area contributed by atoms with Crippen LogP contribution >= 0.6 is 0 Å². The van der Waals surface area contributed by atoms with Crippen LogP contribution in [0, 0.1) is 12.8 Å². The molecule has 0 bridgehead atoms. The van der Waals surface area contributed by atoms with Gasteiger partial charge in [-0.3, -0.25) is 4.79 Å². The van der Waals surface area contributed by atoms with Crippen molar-refractivity contribution >= 4 is 5.91 Å². The van der Waals surface area contributed by atoms with Gasteiger partial charge in [-0.1, -0.05) is 32.9 Å². The van der Waals surface area contributed by atoms with Gasteiger partial charge in [0.05, 0.1) is 0 Å². The van der Waals surface area contributed by atoms with Gasteiger partial charge < -0.3 is 9.64 Å². The Kier molecular flexibility index (Phi) is 5.27. The van der Waals surface area contributed by atoms with Gasteiger partial charge in [0.25, 0.3) is 5.91 Å². The number of aryl methyl sites for hydroxylation is 1. The molecule has 0 aromatic heterocycles. The van der Waals surface area contributed by atoms with Gasteiger partial charge in [-0.25, -0.2) is 0 Å². The number of nitrogens with zero attached hydrogens (tertiary/aromatic N) is 1. The van der Waals surface area contributed by atoms with Crippen LogP contribution in [0.1, 0.15) is 50.7 Å². The SMILES string of the molecule is Cc1ccc(C(C)C)c(OCC(=O)N2CCC(C)CC2)c1. The normalized spacial score (nSPS) is 16.3. The van der Waals surface area contributed by atoms with Crippen molar-refractivity contribution in [2.75, 3.05) is 19.7 Å². The van der Waals surface area contributed by atoms with Crippen LogP contribution in [0.25, 0.3) is 0 Å². The highest BCUT2D eigenvalue weighted by molar-refractivity contribution is 5.77. The Balaban J connectivity index is 1.96. The Morgan fingerprint density at radius 1 is 1.33 bits per heavy atom. The Hall–Kier alpha value is -1.51. The van der Waals surface area contributed by atoms with Crippen LogP contribution in [0.4, 0.5) is 0 Å². The molecule has 0 unspecified atom stereocenters. The molecule has 1 aliphatic rings. The molecule has 0 atom stereocenters. The summed E-state index contributed by atoms with van der Waals surface area (Å²) in [4.78, 5) is 14.2. The molecule has 0 radical (unpaired) electrons. The molecule has 0 saturated carbocycles. The number of piperidine rings is 1.